The summed E-state index contributed by atoms with van der Waals surface area (Å²) in [4.78, 5) is 13.6. The second kappa shape index (κ2) is 5.45. The van der Waals surface area contributed by atoms with Crippen LogP contribution in [0.5, 0.6) is 0 Å². The molecule has 2 unspecified atom stereocenters. The lowest BCUT2D eigenvalue weighted by Crippen LogP contribution is -2.30. The Morgan fingerprint density at radius 1 is 1.44 bits per heavy atom. The van der Waals surface area contributed by atoms with Crippen molar-refractivity contribution in [3.63, 3.8) is 0 Å². The summed E-state index contributed by atoms with van der Waals surface area (Å²) < 4.78 is 1.68. The number of hydrogen-bond acceptors (Lipinski definition) is 5. The van der Waals surface area contributed by atoms with Crippen molar-refractivity contribution in [3.8, 4) is 0 Å². The lowest BCUT2D eigenvalue weighted by Gasteiger charge is -2.14. The fraction of sp³-hybridized carbons (Fsp3) is 0.727. The minimum absolute atomic E-state index is 0.251. The van der Waals surface area contributed by atoms with Gasteiger partial charge in [-0.2, -0.15) is 0 Å². The number of amides is 1. The number of nitrogens with one attached hydrogen (secondary N) is 1. The van der Waals surface area contributed by atoms with Crippen LogP contribution in [0.1, 0.15) is 24.3 Å². The molecule has 2 rings (SSSR count). The smallest absolute Gasteiger partial charge is 0.287 e. The summed E-state index contributed by atoms with van der Waals surface area (Å²) in [6.07, 6.45) is 1.62. The summed E-state index contributed by atoms with van der Waals surface area (Å²) in [6, 6.07) is 0. The zero-order valence-electron chi connectivity index (χ0n) is 10.8. The molecule has 7 heteroatoms. The number of rotatable bonds is 4. The Kier molecular flexibility index (Phi) is 3.93. The van der Waals surface area contributed by atoms with Gasteiger partial charge in [-0.3, -0.25) is 14.9 Å². The van der Waals surface area contributed by atoms with Gasteiger partial charge in [-0.25, -0.2) is 5.84 Å². The standard InChI is InChI=1S/C11H20N6O/c1-8-5-16(6-9(8)2)3-4-17-7-10(14-15-17)11(18)13-12/h7-9H,3-6,12H2,1-2H3,(H,13,18). The van der Waals surface area contributed by atoms with E-state index in [0.29, 0.717) is 0 Å². The molecule has 1 aliphatic heterocycles. The third-order valence-corrected chi connectivity index (χ3v) is 3.61. The van der Waals surface area contributed by atoms with Gasteiger partial charge in [0.2, 0.25) is 0 Å². The van der Waals surface area contributed by atoms with Crippen molar-refractivity contribution in [1.82, 2.24) is 25.3 Å². The average Bonchev–Trinajstić information content (AvgIpc) is 2.94. The summed E-state index contributed by atoms with van der Waals surface area (Å²) in [6.45, 7) is 8.50. The van der Waals surface area contributed by atoms with E-state index in [-0.39, 0.29) is 5.69 Å². The van der Waals surface area contributed by atoms with Gasteiger partial charge in [0, 0.05) is 19.6 Å². The number of nitrogen functional groups attached to an aromatic ring is 1. The molecule has 18 heavy (non-hydrogen) atoms. The number of nitrogens with two attached hydrogens (primary N) is 1. The van der Waals surface area contributed by atoms with E-state index in [1.807, 2.05) is 5.43 Å². The van der Waals surface area contributed by atoms with E-state index in [1.165, 1.54) is 0 Å². The first-order valence-corrected chi connectivity index (χ1v) is 6.23. The summed E-state index contributed by atoms with van der Waals surface area (Å²) >= 11 is 0. The first kappa shape index (κ1) is 13.0. The van der Waals surface area contributed by atoms with E-state index >= 15 is 0 Å². The Labute approximate surface area is 106 Å². The van der Waals surface area contributed by atoms with Crippen molar-refractivity contribution >= 4 is 5.91 Å². The molecular weight excluding hydrogens is 232 g/mol. The van der Waals surface area contributed by atoms with Gasteiger partial charge in [-0.1, -0.05) is 19.1 Å². The van der Waals surface area contributed by atoms with Gasteiger partial charge >= 0.3 is 0 Å². The summed E-state index contributed by atoms with van der Waals surface area (Å²) in [5.74, 6) is 6.12. The van der Waals surface area contributed by atoms with Gasteiger partial charge in [0.1, 0.15) is 0 Å². The monoisotopic (exact) mass is 252 g/mol. The van der Waals surface area contributed by atoms with Gasteiger partial charge in [-0.15, -0.1) is 5.10 Å². The number of carbonyl (C=O) groups excluding carboxylic acids is 1. The molecular formula is C11H20N6O. The van der Waals surface area contributed by atoms with Crippen molar-refractivity contribution in [2.24, 2.45) is 17.7 Å². The minimum Gasteiger partial charge on any atom is -0.301 e. The Hall–Kier alpha value is -1.47. The Bertz CT molecular complexity index is 407. The molecule has 1 aromatic rings. The van der Waals surface area contributed by atoms with Crippen molar-refractivity contribution in [2.45, 2.75) is 20.4 Å². The van der Waals surface area contributed by atoms with Crippen LogP contribution in [-0.2, 0) is 6.54 Å². The second-order valence-corrected chi connectivity index (χ2v) is 5.05. The van der Waals surface area contributed by atoms with Gasteiger partial charge in [0.25, 0.3) is 5.91 Å². The maximum atomic E-state index is 11.2. The number of hydrazine groups is 1. The molecule has 0 bridgehead atoms. The molecule has 7 nitrogen and oxygen atoms in total. The number of carbonyl (C=O) groups is 1. The van der Waals surface area contributed by atoms with Gasteiger partial charge < -0.3 is 4.90 Å². The van der Waals surface area contributed by atoms with Crippen LogP contribution in [0, 0.1) is 11.8 Å². The highest BCUT2D eigenvalue weighted by Crippen LogP contribution is 2.21. The highest BCUT2D eigenvalue weighted by Gasteiger charge is 2.25. The van der Waals surface area contributed by atoms with Crippen LogP contribution >= 0.6 is 0 Å². The SMILES string of the molecule is CC1CN(CCn2cc(C(=O)NN)nn2)CC1C. The quantitative estimate of drug-likeness (QED) is 0.427. The summed E-state index contributed by atoms with van der Waals surface area (Å²) in [5.41, 5.74) is 2.29. The van der Waals surface area contributed by atoms with Crippen LogP contribution in [0.2, 0.25) is 0 Å². The van der Waals surface area contributed by atoms with Crippen LogP contribution in [0.25, 0.3) is 0 Å². The molecule has 1 saturated heterocycles. The predicted octanol–water partition coefficient (Wildman–Crippen LogP) is -0.531. The molecule has 1 aromatic heterocycles. The number of aromatic nitrogens is 3. The fourth-order valence-corrected chi connectivity index (χ4v) is 2.26. The summed E-state index contributed by atoms with van der Waals surface area (Å²) in [5, 5.41) is 7.67. The number of hydrogen-bond donors (Lipinski definition) is 2. The maximum absolute atomic E-state index is 11.2. The van der Waals surface area contributed by atoms with Crippen LogP contribution in [0.3, 0.4) is 0 Å². The van der Waals surface area contributed by atoms with E-state index in [2.05, 4.69) is 29.1 Å². The maximum Gasteiger partial charge on any atom is 0.287 e. The van der Waals surface area contributed by atoms with Gasteiger partial charge in [-0.05, 0) is 11.8 Å². The molecule has 0 spiro atoms. The number of likely N-dealkylation sites (tertiary alicyclic amines) is 1. The fourth-order valence-electron chi connectivity index (χ4n) is 2.26. The number of nitrogens with zero attached hydrogens (tertiary/aromatic N) is 4. The molecule has 0 saturated carbocycles. The van der Waals surface area contributed by atoms with E-state index in [0.717, 1.165) is 38.0 Å². The van der Waals surface area contributed by atoms with Crippen LogP contribution < -0.4 is 11.3 Å². The molecule has 0 aromatic carbocycles. The second-order valence-electron chi connectivity index (χ2n) is 5.05. The molecule has 3 N–H and O–H groups in total. The van der Waals surface area contributed by atoms with Crippen LogP contribution in [0.4, 0.5) is 0 Å². The molecule has 1 amide bonds. The molecule has 0 aliphatic carbocycles. The lowest BCUT2D eigenvalue weighted by molar-refractivity contribution is 0.0948. The lowest BCUT2D eigenvalue weighted by atomic mass is 10.0. The van der Waals surface area contributed by atoms with Crippen LogP contribution in [-0.4, -0.2) is 45.4 Å². The van der Waals surface area contributed by atoms with Crippen molar-refractivity contribution in [3.05, 3.63) is 11.9 Å². The van der Waals surface area contributed by atoms with Gasteiger partial charge in [0.05, 0.1) is 12.7 Å². The average molecular weight is 252 g/mol. The van der Waals surface area contributed by atoms with Crippen LogP contribution in [0.15, 0.2) is 6.20 Å². The molecule has 2 heterocycles. The highest BCUT2D eigenvalue weighted by atomic mass is 16.2. The highest BCUT2D eigenvalue weighted by molar-refractivity contribution is 5.91. The van der Waals surface area contributed by atoms with E-state index in [1.54, 1.807) is 10.9 Å². The Morgan fingerprint density at radius 3 is 2.72 bits per heavy atom. The first-order valence-electron chi connectivity index (χ1n) is 6.23. The van der Waals surface area contributed by atoms with E-state index < -0.39 is 5.91 Å². The molecule has 0 radical (unpaired) electrons. The zero-order chi connectivity index (χ0) is 13.1. The van der Waals surface area contributed by atoms with Crippen molar-refractivity contribution in [2.75, 3.05) is 19.6 Å². The van der Waals surface area contributed by atoms with Crippen molar-refractivity contribution in [1.29, 1.82) is 0 Å². The molecule has 1 fully saturated rings. The predicted molar refractivity (Wildman–Crippen MR) is 66.4 cm³/mol. The third kappa shape index (κ3) is 2.85. The van der Waals surface area contributed by atoms with Gasteiger partial charge in [0.15, 0.2) is 5.69 Å². The Morgan fingerprint density at radius 2 is 2.11 bits per heavy atom. The van der Waals surface area contributed by atoms with E-state index in [4.69, 9.17) is 5.84 Å². The summed E-state index contributed by atoms with van der Waals surface area (Å²) in [7, 11) is 0. The third-order valence-electron chi connectivity index (χ3n) is 3.61. The zero-order valence-corrected chi connectivity index (χ0v) is 10.8. The topological polar surface area (TPSA) is 89.1 Å². The largest absolute Gasteiger partial charge is 0.301 e. The molecule has 1 aliphatic rings. The first-order chi connectivity index (χ1) is 8.60. The minimum atomic E-state index is -0.412. The normalized spacial score (nSPS) is 24.4. The Balaban J connectivity index is 1.84. The molecule has 100 valence electrons. The molecule has 2 atom stereocenters. The van der Waals surface area contributed by atoms with E-state index in [9.17, 15) is 4.79 Å². The van der Waals surface area contributed by atoms with Crippen molar-refractivity contribution < 1.29 is 4.79 Å².